The zero-order valence-corrected chi connectivity index (χ0v) is 17.4. The lowest BCUT2D eigenvalue weighted by atomic mass is 10.1. The fraction of sp³-hybridized carbons (Fsp3) is 0.182. The lowest BCUT2D eigenvalue weighted by Gasteiger charge is -2.21. The number of sulfonamides is 1. The van der Waals surface area contributed by atoms with E-state index in [1.807, 2.05) is 6.07 Å². The molecule has 0 atom stereocenters. The molecule has 0 fully saturated rings. The first-order valence-electron chi connectivity index (χ1n) is 9.68. The van der Waals surface area contributed by atoms with Crippen LogP contribution in [0, 0.1) is 0 Å². The topological polar surface area (TPSA) is 101 Å². The van der Waals surface area contributed by atoms with E-state index in [9.17, 15) is 13.2 Å². The van der Waals surface area contributed by atoms with Crippen molar-refractivity contribution in [3.63, 3.8) is 0 Å². The molecule has 1 N–H and O–H groups in total. The Morgan fingerprint density at radius 2 is 1.81 bits per heavy atom. The van der Waals surface area contributed by atoms with Gasteiger partial charge >= 0.3 is 0 Å². The van der Waals surface area contributed by atoms with Crippen LogP contribution in [0.25, 0.3) is 0 Å². The first-order chi connectivity index (χ1) is 15.0. The third kappa shape index (κ3) is 4.84. The van der Waals surface area contributed by atoms with Crippen LogP contribution in [0.1, 0.15) is 11.3 Å². The van der Waals surface area contributed by atoms with Gasteiger partial charge in [-0.1, -0.05) is 30.3 Å². The molecule has 160 valence electrons. The van der Waals surface area contributed by atoms with Crippen LogP contribution in [-0.4, -0.2) is 44.2 Å². The molecule has 0 saturated heterocycles. The maximum atomic E-state index is 13.2. The molecule has 3 aromatic rings. The number of anilines is 1. The Morgan fingerprint density at radius 1 is 1.03 bits per heavy atom. The number of benzene rings is 2. The largest absolute Gasteiger partial charge is 0.475 e. The van der Waals surface area contributed by atoms with Crippen molar-refractivity contribution in [1.29, 1.82) is 0 Å². The van der Waals surface area contributed by atoms with Crippen molar-refractivity contribution >= 4 is 27.5 Å². The third-order valence-electron chi connectivity index (χ3n) is 4.63. The number of nitrogens with one attached hydrogen (secondary N) is 1. The number of amides is 1. The van der Waals surface area contributed by atoms with Gasteiger partial charge in [-0.3, -0.25) is 4.79 Å². The SMILES string of the molecule is O=C(CN(Cc1ccco1)S(=O)(=O)c1ccccc1)Nc1ccccc1C1=NCCO1. The minimum atomic E-state index is -3.93. The Balaban J connectivity index is 1.57. The van der Waals surface area contributed by atoms with Gasteiger partial charge in [0.25, 0.3) is 0 Å². The number of rotatable bonds is 8. The molecule has 0 saturated carbocycles. The molecule has 1 aliphatic heterocycles. The quantitative estimate of drug-likeness (QED) is 0.582. The van der Waals surface area contributed by atoms with Gasteiger partial charge in [-0.25, -0.2) is 13.4 Å². The molecule has 0 radical (unpaired) electrons. The number of furan rings is 1. The number of carbonyl (C=O) groups is 1. The summed E-state index contributed by atoms with van der Waals surface area (Å²) in [5, 5.41) is 2.78. The van der Waals surface area contributed by atoms with E-state index in [1.165, 1.54) is 18.4 Å². The smallest absolute Gasteiger partial charge is 0.243 e. The van der Waals surface area contributed by atoms with Crippen LogP contribution in [0.5, 0.6) is 0 Å². The van der Waals surface area contributed by atoms with E-state index in [1.54, 1.807) is 48.5 Å². The highest BCUT2D eigenvalue weighted by Crippen LogP contribution is 2.21. The van der Waals surface area contributed by atoms with Crippen molar-refractivity contribution in [1.82, 2.24) is 4.31 Å². The second kappa shape index (κ2) is 9.15. The van der Waals surface area contributed by atoms with Gasteiger partial charge in [-0.05, 0) is 36.4 Å². The lowest BCUT2D eigenvalue weighted by Crippen LogP contribution is -2.37. The van der Waals surface area contributed by atoms with E-state index in [-0.39, 0.29) is 18.0 Å². The van der Waals surface area contributed by atoms with Crippen LogP contribution in [0.3, 0.4) is 0 Å². The highest BCUT2D eigenvalue weighted by molar-refractivity contribution is 7.89. The predicted molar refractivity (Wildman–Crippen MR) is 115 cm³/mol. The van der Waals surface area contributed by atoms with E-state index in [0.29, 0.717) is 36.1 Å². The Labute approximate surface area is 180 Å². The molecule has 0 bridgehead atoms. The Kier molecular flexibility index (Phi) is 6.15. The summed E-state index contributed by atoms with van der Waals surface area (Å²) < 4.78 is 38.3. The lowest BCUT2D eigenvalue weighted by molar-refractivity contribution is -0.116. The fourth-order valence-corrected chi connectivity index (χ4v) is 4.55. The molecule has 4 rings (SSSR count). The summed E-state index contributed by atoms with van der Waals surface area (Å²) >= 11 is 0. The van der Waals surface area contributed by atoms with Crippen molar-refractivity contribution in [3.05, 3.63) is 84.3 Å². The van der Waals surface area contributed by atoms with E-state index in [4.69, 9.17) is 9.15 Å². The standard InChI is InChI=1S/C22H21N3O5S/c26-21(24-20-11-5-4-10-19(20)22-23-12-14-30-22)16-25(15-17-7-6-13-29-17)31(27,28)18-8-2-1-3-9-18/h1-11,13H,12,14-16H2,(H,24,26). The first-order valence-corrected chi connectivity index (χ1v) is 11.1. The number of hydrogen-bond donors (Lipinski definition) is 1. The molecule has 1 aromatic heterocycles. The molecule has 2 heterocycles. The van der Waals surface area contributed by atoms with Crippen LogP contribution in [0.15, 0.2) is 87.3 Å². The van der Waals surface area contributed by atoms with Crippen LogP contribution >= 0.6 is 0 Å². The summed E-state index contributed by atoms with van der Waals surface area (Å²) in [5.74, 6) is 0.402. The normalized spacial score (nSPS) is 13.6. The van der Waals surface area contributed by atoms with Gasteiger partial charge in [0, 0.05) is 0 Å². The van der Waals surface area contributed by atoms with E-state index >= 15 is 0 Å². The Morgan fingerprint density at radius 3 is 2.52 bits per heavy atom. The zero-order valence-electron chi connectivity index (χ0n) is 16.6. The molecule has 0 aliphatic carbocycles. The van der Waals surface area contributed by atoms with Gasteiger partial charge in [0.1, 0.15) is 12.4 Å². The molecule has 8 nitrogen and oxygen atoms in total. The van der Waals surface area contributed by atoms with Gasteiger partial charge < -0.3 is 14.5 Å². The van der Waals surface area contributed by atoms with Gasteiger partial charge in [0.05, 0.1) is 42.0 Å². The highest BCUT2D eigenvalue weighted by Gasteiger charge is 2.28. The summed E-state index contributed by atoms with van der Waals surface area (Å²) in [6, 6.07) is 18.4. The number of carbonyl (C=O) groups excluding carboxylic acids is 1. The van der Waals surface area contributed by atoms with Crippen molar-refractivity contribution in [2.75, 3.05) is 25.0 Å². The van der Waals surface area contributed by atoms with E-state index < -0.39 is 15.9 Å². The summed E-state index contributed by atoms with van der Waals surface area (Å²) in [6.07, 6.45) is 1.46. The minimum absolute atomic E-state index is 0.0743. The number of ether oxygens (including phenoxy) is 1. The van der Waals surface area contributed by atoms with Gasteiger partial charge in [0.15, 0.2) is 0 Å². The van der Waals surface area contributed by atoms with Crippen LogP contribution < -0.4 is 5.32 Å². The summed E-state index contributed by atoms with van der Waals surface area (Å²) in [4.78, 5) is 17.3. The highest BCUT2D eigenvalue weighted by atomic mass is 32.2. The molecular formula is C22H21N3O5S. The average Bonchev–Trinajstić information content (AvgIpc) is 3.49. The average molecular weight is 439 g/mol. The first kappa shape index (κ1) is 20.8. The summed E-state index contributed by atoms with van der Waals surface area (Å²) in [6.45, 7) is 0.586. The predicted octanol–water partition coefficient (Wildman–Crippen LogP) is 2.89. The van der Waals surface area contributed by atoms with Crippen molar-refractivity contribution in [2.24, 2.45) is 4.99 Å². The monoisotopic (exact) mass is 439 g/mol. The molecule has 2 aromatic carbocycles. The molecule has 0 unspecified atom stereocenters. The number of nitrogens with zero attached hydrogens (tertiary/aromatic N) is 2. The number of hydrogen-bond acceptors (Lipinski definition) is 6. The number of aliphatic imine (C=N–C) groups is 1. The molecular weight excluding hydrogens is 418 g/mol. The van der Waals surface area contributed by atoms with E-state index in [0.717, 1.165) is 4.31 Å². The van der Waals surface area contributed by atoms with Crippen molar-refractivity contribution < 1.29 is 22.4 Å². The minimum Gasteiger partial charge on any atom is -0.475 e. The third-order valence-corrected chi connectivity index (χ3v) is 6.44. The van der Waals surface area contributed by atoms with Crippen molar-refractivity contribution in [2.45, 2.75) is 11.4 Å². The second-order valence-electron chi connectivity index (χ2n) is 6.79. The van der Waals surface area contributed by atoms with Crippen LogP contribution in [0.4, 0.5) is 5.69 Å². The Bertz CT molecular complexity index is 1170. The second-order valence-corrected chi connectivity index (χ2v) is 8.73. The summed E-state index contributed by atoms with van der Waals surface area (Å²) in [7, 11) is -3.93. The zero-order chi connectivity index (χ0) is 21.7. The molecule has 1 aliphatic rings. The maximum Gasteiger partial charge on any atom is 0.243 e. The van der Waals surface area contributed by atoms with E-state index in [2.05, 4.69) is 10.3 Å². The van der Waals surface area contributed by atoms with Gasteiger partial charge in [-0.2, -0.15) is 4.31 Å². The maximum absolute atomic E-state index is 13.2. The molecule has 9 heteroatoms. The van der Waals surface area contributed by atoms with Crippen molar-refractivity contribution in [3.8, 4) is 0 Å². The Hall–Kier alpha value is -3.43. The van der Waals surface area contributed by atoms with Gasteiger partial charge in [0.2, 0.25) is 21.8 Å². The molecule has 0 spiro atoms. The fourth-order valence-electron chi connectivity index (χ4n) is 3.17. The number of para-hydroxylation sites is 1. The van der Waals surface area contributed by atoms with Crippen LogP contribution in [-0.2, 0) is 26.1 Å². The molecule has 31 heavy (non-hydrogen) atoms. The summed E-state index contributed by atoms with van der Waals surface area (Å²) in [5.41, 5.74) is 1.15. The molecule has 1 amide bonds. The van der Waals surface area contributed by atoms with Gasteiger partial charge in [-0.15, -0.1) is 0 Å². The van der Waals surface area contributed by atoms with Crippen LogP contribution in [0.2, 0.25) is 0 Å².